The molecule has 0 unspecified atom stereocenters. The van der Waals surface area contributed by atoms with Gasteiger partial charge < -0.3 is 19.8 Å². The predicted octanol–water partition coefficient (Wildman–Crippen LogP) is 4.24. The maximum atomic E-state index is 12.9. The topological polar surface area (TPSA) is 97.6 Å². The van der Waals surface area contributed by atoms with Crippen molar-refractivity contribution in [3.05, 3.63) is 94.0 Å². The highest BCUT2D eigenvalue weighted by atomic mass is 79.9. The van der Waals surface area contributed by atoms with Crippen molar-refractivity contribution >= 4 is 45.5 Å². The Labute approximate surface area is 180 Å². The molecule has 0 bridgehead atoms. The third-order valence-corrected chi connectivity index (χ3v) is 4.50. The number of hydrogen-bond acceptors (Lipinski definition) is 5. The van der Waals surface area contributed by atoms with Gasteiger partial charge in [-0.05, 0) is 54.6 Å². The van der Waals surface area contributed by atoms with Crippen molar-refractivity contribution in [1.82, 2.24) is 5.32 Å². The van der Waals surface area contributed by atoms with Crippen molar-refractivity contribution in [3.63, 3.8) is 0 Å². The van der Waals surface area contributed by atoms with Crippen LogP contribution in [0.3, 0.4) is 0 Å². The van der Waals surface area contributed by atoms with Crippen LogP contribution in [0.4, 0.5) is 5.69 Å². The van der Waals surface area contributed by atoms with Gasteiger partial charge in [-0.15, -0.1) is 0 Å². The molecular formula is C22H17BrN2O5. The quantitative estimate of drug-likeness (QED) is 0.416. The molecule has 8 heteroatoms. The predicted molar refractivity (Wildman–Crippen MR) is 115 cm³/mol. The molecule has 3 rings (SSSR count). The molecule has 0 aliphatic rings. The second-order valence-corrected chi connectivity index (χ2v) is 6.98. The van der Waals surface area contributed by atoms with Crippen molar-refractivity contribution < 1.29 is 23.5 Å². The number of halogens is 1. The monoisotopic (exact) mass is 468 g/mol. The zero-order valence-electron chi connectivity index (χ0n) is 15.8. The summed E-state index contributed by atoms with van der Waals surface area (Å²) in [5.74, 6) is -1.18. The number of benzene rings is 2. The molecule has 1 heterocycles. The largest absolute Gasteiger partial charge is 0.465 e. The van der Waals surface area contributed by atoms with Crippen LogP contribution in [0.25, 0.3) is 6.08 Å². The summed E-state index contributed by atoms with van der Waals surface area (Å²) in [6.45, 7) is 0. The first-order chi connectivity index (χ1) is 14.5. The van der Waals surface area contributed by atoms with E-state index in [0.29, 0.717) is 17.0 Å². The van der Waals surface area contributed by atoms with Gasteiger partial charge in [0.1, 0.15) is 11.5 Å². The van der Waals surface area contributed by atoms with Crippen LogP contribution in [0.2, 0.25) is 0 Å². The molecule has 2 aromatic carbocycles. The molecule has 0 fully saturated rings. The highest BCUT2D eigenvalue weighted by Gasteiger charge is 2.16. The van der Waals surface area contributed by atoms with E-state index in [1.165, 1.54) is 25.5 Å². The second-order valence-electron chi connectivity index (χ2n) is 6.06. The van der Waals surface area contributed by atoms with Crippen molar-refractivity contribution in [2.24, 2.45) is 0 Å². The van der Waals surface area contributed by atoms with Crippen LogP contribution in [-0.4, -0.2) is 24.9 Å². The zero-order valence-corrected chi connectivity index (χ0v) is 17.4. The second kappa shape index (κ2) is 9.71. The van der Waals surface area contributed by atoms with E-state index in [4.69, 9.17) is 4.42 Å². The Balaban J connectivity index is 1.83. The van der Waals surface area contributed by atoms with Gasteiger partial charge in [-0.1, -0.05) is 22.0 Å². The molecular weight excluding hydrogens is 452 g/mol. The third kappa shape index (κ3) is 5.45. The van der Waals surface area contributed by atoms with Gasteiger partial charge in [0, 0.05) is 21.8 Å². The van der Waals surface area contributed by atoms with Crippen LogP contribution < -0.4 is 10.6 Å². The van der Waals surface area contributed by atoms with Crippen molar-refractivity contribution in [1.29, 1.82) is 0 Å². The molecule has 0 aliphatic heterocycles. The van der Waals surface area contributed by atoms with Crippen LogP contribution >= 0.6 is 15.9 Å². The first-order valence-corrected chi connectivity index (χ1v) is 9.57. The minimum Gasteiger partial charge on any atom is -0.465 e. The summed E-state index contributed by atoms with van der Waals surface area (Å²) in [6.07, 6.45) is 2.87. The summed E-state index contributed by atoms with van der Waals surface area (Å²) in [4.78, 5) is 37.2. The number of carbonyl (C=O) groups excluding carboxylic acids is 3. The number of methoxy groups -OCH3 is 1. The first-order valence-electron chi connectivity index (χ1n) is 8.78. The number of hydrogen-bond donors (Lipinski definition) is 2. The van der Waals surface area contributed by atoms with E-state index in [1.54, 1.807) is 54.6 Å². The van der Waals surface area contributed by atoms with Gasteiger partial charge in [0.05, 0.1) is 18.9 Å². The van der Waals surface area contributed by atoms with Crippen LogP contribution in [0, 0.1) is 0 Å². The molecule has 2 amide bonds. The van der Waals surface area contributed by atoms with Gasteiger partial charge in [-0.25, -0.2) is 4.79 Å². The lowest BCUT2D eigenvalue weighted by atomic mass is 10.2. The normalized spacial score (nSPS) is 10.9. The Morgan fingerprint density at radius 1 is 1.00 bits per heavy atom. The molecule has 0 saturated heterocycles. The van der Waals surface area contributed by atoms with Gasteiger partial charge in [-0.3, -0.25) is 9.59 Å². The van der Waals surface area contributed by atoms with Crippen LogP contribution in [0.5, 0.6) is 0 Å². The maximum absolute atomic E-state index is 12.9. The highest BCUT2D eigenvalue weighted by Crippen LogP contribution is 2.15. The third-order valence-electron chi connectivity index (χ3n) is 3.97. The molecule has 0 saturated carbocycles. The fourth-order valence-corrected chi connectivity index (χ4v) is 2.77. The fourth-order valence-electron chi connectivity index (χ4n) is 2.51. The summed E-state index contributed by atoms with van der Waals surface area (Å²) in [5.41, 5.74) is 1.00. The van der Waals surface area contributed by atoms with E-state index in [1.807, 2.05) is 0 Å². The molecule has 3 aromatic rings. The highest BCUT2D eigenvalue weighted by molar-refractivity contribution is 9.10. The van der Waals surface area contributed by atoms with Gasteiger partial charge in [0.2, 0.25) is 0 Å². The Kier molecular flexibility index (Phi) is 6.82. The van der Waals surface area contributed by atoms with E-state index in [-0.39, 0.29) is 11.3 Å². The summed E-state index contributed by atoms with van der Waals surface area (Å²) in [5, 5.41) is 5.26. The Bertz CT molecular complexity index is 1090. The van der Waals surface area contributed by atoms with Crippen LogP contribution in [-0.2, 0) is 9.53 Å². The first kappa shape index (κ1) is 21.1. The number of furan rings is 1. The SMILES string of the molecule is COC(=O)c1cccc(NC(=O)C(=Cc2ccco2)NC(=O)c2ccc(Br)cc2)c1. The van der Waals surface area contributed by atoms with E-state index in [9.17, 15) is 14.4 Å². The van der Waals surface area contributed by atoms with Gasteiger partial charge in [-0.2, -0.15) is 0 Å². The summed E-state index contributed by atoms with van der Waals surface area (Å²) in [6, 6.07) is 16.3. The zero-order chi connectivity index (χ0) is 21.5. The number of amides is 2. The van der Waals surface area contributed by atoms with Crippen molar-refractivity contribution in [2.45, 2.75) is 0 Å². The fraction of sp³-hybridized carbons (Fsp3) is 0.0455. The number of anilines is 1. The number of ether oxygens (including phenoxy) is 1. The number of rotatable bonds is 6. The summed E-state index contributed by atoms with van der Waals surface area (Å²) < 4.78 is 10.8. The molecule has 152 valence electrons. The Morgan fingerprint density at radius 3 is 2.43 bits per heavy atom. The Hall–Kier alpha value is -3.65. The lowest BCUT2D eigenvalue weighted by Gasteiger charge is -2.11. The standard InChI is InChI=1S/C22H17BrN2O5/c1-29-22(28)15-4-2-5-17(12-15)24-21(27)19(13-18-6-3-11-30-18)25-20(26)14-7-9-16(23)10-8-14/h2-13H,1H3,(H,24,27)(H,25,26). The molecule has 1 aromatic heterocycles. The molecule has 0 radical (unpaired) electrons. The molecule has 0 spiro atoms. The number of nitrogens with one attached hydrogen (secondary N) is 2. The summed E-state index contributed by atoms with van der Waals surface area (Å²) in [7, 11) is 1.27. The molecule has 30 heavy (non-hydrogen) atoms. The molecule has 0 aliphatic carbocycles. The van der Waals surface area contributed by atoms with Crippen molar-refractivity contribution in [3.8, 4) is 0 Å². The Morgan fingerprint density at radius 2 is 1.77 bits per heavy atom. The number of carbonyl (C=O) groups is 3. The van der Waals surface area contributed by atoms with E-state index < -0.39 is 17.8 Å². The average Bonchev–Trinajstić information content (AvgIpc) is 3.26. The van der Waals surface area contributed by atoms with Crippen LogP contribution in [0.1, 0.15) is 26.5 Å². The van der Waals surface area contributed by atoms with Gasteiger partial charge in [0.15, 0.2) is 0 Å². The maximum Gasteiger partial charge on any atom is 0.337 e. The van der Waals surface area contributed by atoms with Gasteiger partial charge in [0.25, 0.3) is 11.8 Å². The average molecular weight is 469 g/mol. The molecule has 0 atom stereocenters. The van der Waals surface area contributed by atoms with E-state index >= 15 is 0 Å². The van der Waals surface area contributed by atoms with Gasteiger partial charge >= 0.3 is 5.97 Å². The smallest absolute Gasteiger partial charge is 0.337 e. The minimum atomic E-state index is -0.584. The summed E-state index contributed by atoms with van der Waals surface area (Å²) >= 11 is 3.31. The minimum absolute atomic E-state index is 0.0265. The van der Waals surface area contributed by atoms with E-state index in [0.717, 1.165) is 4.47 Å². The molecule has 2 N–H and O–H groups in total. The molecule has 7 nitrogen and oxygen atoms in total. The van der Waals surface area contributed by atoms with Crippen LogP contribution in [0.15, 0.2) is 81.5 Å². The lowest BCUT2D eigenvalue weighted by Crippen LogP contribution is -2.30. The lowest BCUT2D eigenvalue weighted by molar-refractivity contribution is -0.113. The number of esters is 1. The van der Waals surface area contributed by atoms with E-state index in [2.05, 4.69) is 31.3 Å². The van der Waals surface area contributed by atoms with Crippen molar-refractivity contribution in [2.75, 3.05) is 12.4 Å².